The maximum absolute atomic E-state index is 11.7. The molecule has 80 valence electrons. The number of hydrogen-bond donors (Lipinski definition) is 1. The first-order valence-corrected chi connectivity index (χ1v) is 6.05. The third kappa shape index (κ3) is 2.23. The Labute approximate surface area is 98.2 Å². The van der Waals surface area contributed by atoms with E-state index in [0.717, 1.165) is 23.9 Å². The molecule has 0 saturated carbocycles. The Balaban J connectivity index is 2.12. The number of halogens is 1. The summed E-state index contributed by atoms with van der Waals surface area (Å²) in [6.45, 7) is 2.67. The van der Waals surface area contributed by atoms with E-state index in [4.69, 9.17) is 0 Å². The van der Waals surface area contributed by atoms with Crippen LogP contribution in [0.2, 0.25) is 0 Å². The summed E-state index contributed by atoms with van der Waals surface area (Å²) in [7, 11) is 0. The van der Waals surface area contributed by atoms with Crippen molar-refractivity contribution in [1.29, 1.82) is 0 Å². The van der Waals surface area contributed by atoms with E-state index < -0.39 is 0 Å². The number of carbonyl (C=O) groups is 1. The van der Waals surface area contributed by atoms with Crippen molar-refractivity contribution >= 4 is 21.8 Å². The van der Waals surface area contributed by atoms with Crippen LogP contribution in [0.5, 0.6) is 0 Å². The molecule has 1 aliphatic rings. The highest BCUT2D eigenvalue weighted by atomic mass is 79.9. The van der Waals surface area contributed by atoms with Gasteiger partial charge >= 0.3 is 0 Å². The van der Waals surface area contributed by atoms with Crippen molar-refractivity contribution < 1.29 is 4.79 Å². The van der Waals surface area contributed by atoms with E-state index in [2.05, 4.69) is 33.4 Å². The minimum atomic E-state index is 0.134. The summed E-state index contributed by atoms with van der Waals surface area (Å²) in [4.78, 5) is 11.7. The molecule has 1 aliphatic carbocycles. The monoisotopic (exact) mass is 267 g/mol. The Morgan fingerprint density at radius 2 is 2.20 bits per heavy atom. The zero-order valence-corrected chi connectivity index (χ0v) is 10.3. The van der Waals surface area contributed by atoms with Gasteiger partial charge in [0.15, 0.2) is 0 Å². The summed E-state index contributed by atoms with van der Waals surface area (Å²) >= 11 is 3.45. The number of carbonyl (C=O) groups excluding carboxylic acids is 1. The van der Waals surface area contributed by atoms with Gasteiger partial charge in [-0.3, -0.25) is 4.79 Å². The standard InChI is InChI=1S/C12H14BrNO/c1-2-14-12(15)10-5-8-3-4-11(13)7-9(8)6-10/h3-4,7,10H,2,5-6H2,1H3,(H,14,15). The lowest BCUT2D eigenvalue weighted by Gasteiger charge is -2.07. The molecule has 0 fully saturated rings. The molecular weight excluding hydrogens is 254 g/mol. The van der Waals surface area contributed by atoms with Crippen molar-refractivity contribution in [3.8, 4) is 0 Å². The smallest absolute Gasteiger partial charge is 0.223 e. The highest BCUT2D eigenvalue weighted by Gasteiger charge is 2.26. The van der Waals surface area contributed by atoms with Gasteiger partial charge in [-0.05, 0) is 43.0 Å². The van der Waals surface area contributed by atoms with Gasteiger partial charge in [0.25, 0.3) is 0 Å². The molecule has 2 nitrogen and oxygen atoms in total. The molecule has 0 aromatic heterocycles. The van der Waals surface area contributed by atoms with Gasteiger partial charge in [-0.25, -0.2) is 0 Å². The third-order valence-corrected chi connectivity index (χ3v) is 3.32. The fourth-order valence-electron chi connectivity index (χ4n) is 2.09. The lowest BCUT2D eigenvalue weighted by molar-refractivity contribution is -0.124. The van der Waals surface area contributed by atoms with Crippen molar-refractivity contribution in [2.24, 2.45) is 5.92 Å². The molecule has 1 aromatic carbocycles. The summed E-state index contributed by atoms with van der Waals surface area (Å²) in [5.41, 5.74) is 2.62. The van der Waals surface area contributed by atoms with Crippen LogP contribution in [0.1, 0.15) is 18.1 Å². The Bertz CT molecular complexity index is 389. The lowest BCUT2D eigenvalue weighted by Crippen LogP contribution is -2.30. The molecule has 0 spiro atoms. The Morgan fingerprint density at radius 1 is 1.47 bits per heavy atom. The minimum absolute atomic E-state index is 0.134. The van der Waals surface area contributed by atoms with Crippen molar-refractivity contribution in [3.63, 3.8) is 0 Å². The molecule has 15 heavy (non-hydrogen) atoms. The maximum Gasteiger partial charge on any atom is 0.223 e. The van der Waals surface area contributed by atoms with E-state index in [1.165, 1.54) is 11.1 Å². The second-order valence-corrected chi connectivity index (χ2v) is 4.83. The van der Waals surface area contributed by atoms with E-state index in [1.807, 2.05) is 13.0 Å². The van der Waals surface area contributed by atoms with Gasteiger partial charge in [0.2, 0.25) is 5.91 Å². The molecule has 0 bridgehead atoms. The lowest BCUT2D eigenvalue weighted by atomic mass is 10.1. The Morgan fingerprint density at radius 3 is 2.93 bits per heavy atom. The predicted molar refractivity (Wildman–Crippen MR) is 63.7 cm³/mol. The zero-order chi connectivity index (χ0) is 10.8. The molecule has 1 N–H and O–H groups in total. The average molecular weight is 268 g/mol. The van der Waals surface area contributed by atoms with Crippen LogP contribution in [0.25, 0.3) is 0 Å². The fourth-order valence-corrected chi connectivity index (χ4v) is 2.50. The third-order valence-electron chi connectivity index (χ3n) is 2.82. The van der Waals surface area contributed by atoms with E-state index in [9.17, 15) is 4.79 Å². The molecule has 0 radical (unpaired) electrons. The molecule has 0 saturated heterocycles. The number of rotatable bonds is 2. The molecule has 1 atom stereocenters. The molecule has 1 unspecified atom stereocenters. The highest BCUT2D eigenvalue weighted by Crippen LogP contribution is 2.29. The summed E-state index contributed by atoms with van der Waals surface area (Å²) < 4.78 is 1.10. The van der Waals surface area contributed by atoms with Gasteiger partial charge in [0.05, 0.1) is 0 Å². The zero-order valence-electron chi connectivity index (χ0n) is 8.72. The summed E-state index contributed by atoms with van der Waals surface area (Å²) in [5.74, 6) is 0.319. The van der Waals surface area contributed by atoms with E-state index in [1.54, 1.807) is 0 Å². The molecule has 1 aromatic rings. The van der Waals surface area contributed by atoms with Gasteiger partial charge in [0, 0.05) is 16.9 Å². The van der Waals surface area contributed by atoms with E-state index >= 15 is 0 Å². The van der Waals surface area contributed by atoms with Crippen LogP contribution < -0.4 is 5.32 Å². The van der Waals surface area contributed by atoms with Gasteiger partial charge < -0.3 is 5.32 Å². The number of fused-ring (bicyclic) bond motifs is 1. The number of amides is 1. The largest absolute Gasteiger partial charge is 0.356 e. The summed E-state index contributed by atoms with van der Waals surface area (Å²) in [6, 6.07) is 6.27. The van der Waals surface area contributed by atoms with Gasteiger partial charge in [-0.1, -0.05) is 22.0 Å². The molecular formula is C12H14BrNO. The molecule has 3 heteroatoms. The maximum atomic E-state index is 11.7. The number of benzene rings is 1. The van der Waals surface area contributed by atoms with Gasteiger partial charge in [-0.2, -0.15) is 0 Å². The molecule has 2 rings (SSSR count). The number of nitrogens with one attached hydrogen (secondary N) is 1. The Kier molecular flexibility index (Phi) is 3.10. The highest BCUT2D eigenvalue weighted by molar-refractivity contribution is 9.10. The second kappa shape index (κ2) is 4.35. The van der Waals surface area contributed by atoms with E-state index in [0.29, 0.717) is 0 Å². The van der Waals surface area contributed by atoms with Crippen molar-refractivity contribution in [2.45, 2.75) is 19.8 Å². The van der Waals surface area contributed by atoms with Crippen LogP contribution in [0.3, 0.4) is 0 Å². The first-order chi connectivity index (χ1) is 7.20. The van der Waals surface area contributed by atoms with Crippen molar-refractivity contribution in [3.05, 3.63) is 33.8 Å². The average Bonchev–Trinajstić information content (AvgIpc) is 2.60. The topological polar surface area (TPSA) is 29.1 Å². The molecule has 0 aliphatic heterocycles. The van der Waals surface area contributed by atoms with Crippen LogP contribution in [0.15, 0.2) is 22.7 Å². The minimum Gasteiger partial charge on any atom is -0.356 e. The molecule has 0 heterocycles. The first-order valence-electron chi connectivity index (χ1n) is 5.25. The Hall–Kier alpha value is -0.830. The van der Waals surface area contributed by atoms with Crippen LogP contribution in [-0.2, 0) is 17.6 Å². The van der Waals surface area contributed by atoms with Crippen LogP contribution in [0.4, 0.5) is 0 Å². The summed E-state index contributed by atoms with van der Waals surface area (Å²) in [5, 5.41) is 2.89. The normalized spacial score (nSPS) is 18.7. The first kappa shape index (κ1) is 10.7. The van der Waals surface area contributed by atoms with Crippen LogP contribution in [-0.4, -0.2) is 12.5 Å². The van der Waals surface area contributed by atoms with E-state index in [-0.39, 0.29) is 11.8 Å². The quantitative estimate of drug-likeness (QED) is 0.876. The van der Waals surface area contributed by atoms with Crippen LogP contribution >= 0.6 is 15.9 Å². The van der Waals surface area contributed by atoms with Crippen LogP contribution in [0, 0.1) is 5.92 Å². The summed E-state index contributed by atoms with van der Waals surface area (Å²) in [6.07, 6.45) is 1.76. The van der Waals surface area contributed by atoms with Crippen molar-refractivity contribution in [2.75, 3.05) is 6.54 Å². The second-order valence-electron chi connectivity index (χ2n) is 3.91. The fraction of sp³-hybridized carbons (Fsp3) is 0.417. The van der Waals surface area contributed by atoms with Crippen molar-refractivity contribution in [1.82, 2.24) is 5.32 Å². The SMILES string of the molecule is CCNC(=O)C1Cc2ccc(Br)cc2C1. The van der Waals surface area contributed by atoms with Gasteiger partial charge in [0.1, 0.15) is 0 Å². The number of hydrogen-bond acceptors (Lipinski definition) is 1. The van der Waals surface area contributed by atoms with Gasteiger partial charge in [-0.15, -0.1) is 0 Å². The molecule has 1 amide bonds. The predicted octanol–water partition coefficient (Wildman–Crippen LogP) is 2.30.